The highest BCUT2D eigenvalue weighted by atomic mass is 16.3. The number of nitrogens with zero attached hydrogens (tertiary/aromatic N) is 1. The lowest BCUT2D eigenvalue weighted by atomic mass is 9.81. The van der Waals surface area contributed by atoms with E-state index in [1.165, 1.54) is 55.6 Å². The predicted octanol–water partition coefficient (Wildman–Crippen LogP) is 15.7. The van der Waals surface area contributed by atoms with E-state index in [0.717, 1.165) is 44.4 Å². The van der Waals surface area contributed by atoms with Crippen LogP contribution in [0.2, 0.25) is 0 Å². The van der Waals surface area contributed by atoms with Gasteiger partial charge in [-0.15, -0.1) is 0 Å². The minimum atomic E-state index is -0.208. The van der Waals surface area contributed by atoms with Crippen molar-refractivity contribution in [1.82, 2.24) is 0 Å². The highest BCUT2D eigenvalue weighted by Crippen LogP contribution is 2.51. The normalized spacial score (nSPS) is 13.3. The van der Waals surface area contributed by atoms with Crippen LogP contribution in [0.1, 0.15) is 61.1 Å². The number of hydrogen-bond donors (Lipinski definition) is 0. The van der Waals surface area contributed by atoms with Gasteiger partial charge in [0.1, 0.15) is 11.2 Å². The second kappa shape index (κ2) is 14.6. The first-order valence-corrected chi connectivity index (χ1v) is 19.8. The number of anilines is 2. The minimum absolute atomic E-state index is 0.208. The van der Waals surface area contributed by atoms with Crippen molar-refractivity contribution >= 4 is 57.6 Å². The molecular weight excluding hydrogens is 691 g/mol. The molecule has 0 bridgehead atoms. The van der Waals surface area contributed by atoms with E-state index < -0.39 is 0 Å². The summed E-state index contributed by atoms with van der Waals surface area (Å²) in [5.41, 5.74) is 18.5. The molecule has 0 aliphatic heterocycles. The van der Waals surface area contributed by atoms with Crippen LogP contribution in [0.5, 0.6) is 0 Å². The highest BCUT2D eigenvalue weighted by Gasteiger charge is 2.36. The summed E-state index contributed by atoms with van der Waals surface area (Å²) in [6, 6.07) is 52.7. The van der Waals surface area contributed by atoms with Crippen LogP contribution < -0.4 is 4.90 Å². The van der Waals surface area contributed by atoms with Gasteiger partial charge in [-0.1, -0.05) is 148 Å². The molecule has 0 radical (unpaired) electrons. The first-order valence-electron chi connectivity index (χ1n) is 19.8. The molecule has 9 rings (SSSR count). The lowest BCUT2D eigenvalue weighted by molar-refractivity contribution is 0.660. The van der Waals surface area contributed by atoms with E-state index >= 15 is 0 Å². The van der Waals surface area contributed by atoms with Gasteiger partial charge >= 0.3 is 0 Å². The van der Waals surface area contributed by atoms with E-state index in [4.69, 9.17) is 4.42 Å². The third-order valence-electron chi connectivity index (χ3n) is 11.5. The van der Waals surface area contributed by atoms with E-state index in [0.29, 0.717) is 0 Å². The standard InChI is InChI=1S/C55H45NO/c1-6-14-38-16-9-10-17-39(38)32-33-56(43-26-22-40(23-27-43)46-20-13-18-37(8-3)45(46)15-7-2)44-28-30-48-47-29-24-42(35-51(47)55(4,5)52(48)36-44)41-25-31-54-50(34-41)49-19-11-12-21-53(49)57-54/h6-36H,3H2,1-2,4-5H3/b14-6-,15-7-,33-32+. The summed E-state index contributed by atoms with van der Waals surface area (Å²) in [4.78, 5) is 2.32. The molecule has 0 fully saturated rings. The van der Waals surface area contributed by atoms with Crippen LogP contribution in [0.3, 0.4) is 0 Å². The number of rotatable bonds is 9. The van der Waals surface area contributed by atoms with Gasteiger partial charge < -0.3 is 9.32 Å². The van der Waals surface area contributed by atoms with Crippen molar-refractivity contribution in [2.45, 2.75) is 33.1 Å². The van der Waals surface area contributed by atoms with Crippen LogP contribution in [0.15, 0.2) is 175 Å². The van der Waals surface area contributed by atoms with Crippen LogP contribution >= 0.6 is 0 Å². The number of furan rings is 1. The second-order valence-corrected chi connectivity index (χ2v) is 15.3. The molecule has 0 N–H and O–H groups in total. The zero-order chi connectivity index (χ0) is 39.1. The average Bonchev–Trinajstić information content (AvgIpc) is 3.73. The Kier molecular flexibility index (Phi) is 9.19. The van der Waals surface area contributed by atoms with E-state index in [1.54, 1.807) is 0 Å². The molecule has 0 atom stereocenters. The first kappa shape index (κ1) is 35.8. The molecule has 7 aromatic carbocycles. The molecule has 2 heteroatoms. The molecular formula is C55H45NO. The van der Waals surface area contributed by atoms with Gasteiger partial charge in [0.15, 0.2) is 0 Å². The molecule has 1 heterocycles. The molecule has 0 saturated carbocycles. The third-order valence-corrected chi connectivity index (χ3v) is 11.5. The first-order chi connectivity index (χ1) is 27.9. The minimum Gasteiger partial charge on any atom is -0.456 e. The monoisotopic (exact) mass is 735 g/mol. The Bertz CT molecular complexity index is 2910. The molecule has 0 unspecified atom stereocenters. The maximum Gasteiger partial charge on any atom is 0.135 e. The molecule has 276 valence electrons. The van der Waals surface area contributed by atoms with Crippen LogP contribution in [0, 0.1) is 0 Å². The molecule has 57 heavy (non-hydrogen) atoms. The Hall–Kier alpha value is -6.90. The average molecular weight is 736 g/mol. The van der Waals surface area contributed by atoms with E-state index in [-0.39, 0.29) is 5.41 Å². The fourth-order valence-electron chi connectivity index (χ4n) is 8.60. The van der Waals surface area contributed by atoms with Crippen molar-refractivity contribution in [2.75, 3.05) is 4.90 Å². The summed E-state index contributed by atoms with van der Waals surface area (Å²) in [5, 5.41) is 2.29. The molecule has 1 aliphatic rings. The van der Waals surface area contributed by atoms with Gasteiger partial charge in [-0.05, 0) is 135 Å². The molecule has 1 aromatic heterocycles. The molecule has 2 nitrogen and oxygen atoms in total. The Morgan fingerprint density at radius 2 is 1.12 bits per heavy atom. The van der Waals surface area contributed by atoms with Crippen molar-refractivity contribution in [3.05, 3.63) is 204 Å². The molecule has 8 aromatic rings. The Morgan fingerprint density at radius 1 is 0.509 bits per heavy atom. The summed E-state index contributed by atoms with van der Waals surface area (Å²) >= 11 is 0. The van der Waals surface area contributed by atoms with E-state index in [9.17, 15) is 0 Å². The van der Waals surface area contributed by atoms with E-state index in [1.807, 2.05) is 18.2 Å². The summed E-state index contributed by atoms with van der Waals surface area (Å²) in [6.07, 6.45) is 14.9. The smallest absolute Gasteiger partial charge is 0.135 e. The van der Waals surface area contributed by atoms with Crippen LogP contribution in [-0.2, 0) is 5.41 Å². The number of para-hydroxylation sites is 1. The summed E-state index contributed by atoms with van der Waals surface area (Å²) in [6.45, 7) is 12.9. The summed E-state index contributed by atoms with van der Waals surface area (Å²) in [7, 11) is 0. The number of fused-ring (bicyclic) bond motifs is 6. The Labute approximate surface area is 336 Å². The SMILES string of the molecule is C=Cc1cccc(-c2ccc(N(/C=C/c3ccccc3/C=C\C)c3ccc4c(c3)C(C)(C)c3cc(-c5ccc6oc7ccccc7c6c5)ccc3-4)cc2)c1/C=C\C. The van der Waals surface area contributed by atoms with Crippen molar-refractivity contribution in [3.63, 3.8) is 0 Å². The quantitative estimate of drug-likeness (QED) is 0.147. The van der Waals surface area contributed by atoms with Crippen LogP contribution in [0.25, 0.3) is 79.6 Å². The van der Waals surface area contributed by atoms with Crippen molar-refractivity contribution < 1.29 is 4.42 Å². The van der Waals surface area contributed by atoms with Gasteiger partial charge in [0.05, 0.1) is 0 Å². The van der Waals surface area contributed by atoms with Crippen LogP contribution in [-0.4, -0.2) is 0 Å². The number of allylic oxidation sites excluding steroid dienone is 2. The van der Waals surface area contributed by atoms with Crippen molar-refractivity contribution in [1.29, 1.82) is 0 Å². The van der Waals surface area contributed by atoms with Gasteiger partial charge in [0, 0.05) is 33.8 Å². The van der Waals surface area contributed by atoms with Gasteiger partial charge in [0.2, 0.25) is 0 Å². The largest absolute Gasteiger partial charge is 0.456 e. The number of benzene rings is 7. The zero-order valence-electron chi connectivity index (χ0n) is 33.0. The Balaban J connectivity index is 1.11. The van der Waals surface area contributed by atoms with Gasteiger partial charge in [0.25, 0.3) is 0 Å². The zero-order valence-corrected chi connectivity index (χ0v) is 33.0. The summed E-state index contributed by atoms with van der Waals surface area (Å²) in [5.74, 6) is 0. The Morgan fingerprint density at radius 3 is 1.89 bits per heavy atom. The topological polar surface area (TPSA) is 16.4 Å². The number of hydrogen-bond acceptors (Lipinski definition) is 2. The third kappa shape index (κ3) is 6.34. The second-order valence-electron chi connectivity index (χ2n) is 15.3. The maximum atomic E-state index is 6.14. The molecule has 0 spiro atoms. The molecule has 1 aliphatic carbocycles. The maximum absolute atomic E-state index is 6.14. The fraction of sp³-hybridized carbons (Fsp3) is 0.0909. The van der Waals surface area contributed by atoms with Gasteiger partial charge in [-0.2, -0.15) is 0 Å². The molecule has 0 amide bonds. The van der Waals surface area contributed by atoms with Gasteiger partial charge in [-0.25, -0.2) is 0 Å². The summed E-state index contributed by atoms with van der Waals surface area (Å²) < 4.78 is 6.14. The van der Waals surface area contributed by atoms with E-state index in [2.05, 4.69) is 209 Å². The molecule has 0 saturated heterocycles. The fourth-order valence-corrected chi connectivity index (χ4v) is 8.60. The lowest BCUT2D eigenvalue weighted by Gasteiger charge is -2.26. The highest BCUT2D eigenvalue weighted by molar-refractivity contribution is 6.06. The van der Waals surface area contributed by atoms with Crippen molar-refractivity contribution in [3.8, 4) is 33.4 Å². The lowest BCUT2D eigenvalue weighted by Crippen LogP contribution is -2.16. The predicted molar refractivity (Wildman–Crippen MR) is 246 cm³/mol. The van der Waals surface area contributed by atoms with Crippen molar-refractivity contribution in [2.24, 2.45) is 0 Å². The van der Waals surface area contributed by atoms with Crippen LogP contribution in [0.4, 0.5) is 11.4 Å². The van der Waals surface area contributed by atoms with Gasteiger partial charge in [-0.3, -0.25) is 0 Å².